The monoisotopic (exact) mass is 394 g/mol. The van der Waals surface area contributed by atoms with E-state index in [2.05, 4.69) is 10.6 Å². The highest BCUT2D eigenvalue weighted by Gasteiger charge is 2.27. The number of esters is 1. The van der Waals surface area contributed by atoms with Crippen LogP contribution in [-0.2, 0) is 9.53 Å². The number of amides is 1. The number of nitrogens with one attached hydrogen (secondary N) is 2. The predicted molar refractivity (Wildman–Crippen MR) is 104 cm³/mol. The van der Waals surface area contributed by atoms with Gasteiger partial charge in [0.15, 0.2) is 6.10 Å². The van der Waals surface area contributed by atoms with Gasteiger partial charge in [-0.2, -0.15) is 5.26 Å². The summed E-state index contributed by atoms with van der Waals surface area (Å²) in [5.74, 6) is -1.48. The van der Waals surface area contributed by atoms with Gasteiger partial charge in [0.25, 0.3) is 11.6 Å². The van der Waals surface area contributed by atoms with Gasteiger partial charge in [-0.25, -0.2) is 4.79 Å². The quantitative estimate of drug-likeness (QED) is 0.418. The second-order valence-corrected chi connectivity index (χ2v) is 6.60. The lowest BCUT2D eigenvalue weighted by Crippen LogP contribution is -2.30. The summed E-state index contributed by atoms with van der Waals surface area (Å²) < 4.78 is 5.14. The van der Waals surface area contributed by atoms with E-state index in [-0.39, 0.29) is 22.9 Å². The summed E-state index contributed by atoms with van der Waals surface area (Å²) in [6.07, 6.45) is 0.725. The van der Waals surface area contributed by atoms with Gasteiger partial charge in [-0.3, -0.25) is 14.9 Å². The highest BCUT2D eigenvalue weighted by molar-refractivity contribution is 5.98. The number of benzene rings is 2. The molecule has 0 bridgehead atoms. The molecule has 2 N–H and O–H groups in total. The van der Waals surface area contributed by atoms with Crippen molar-refractivity contribution in [2.45, 2.75) is 31.9 Å². The number of nitro groups is 1. The summed E-state index contributed by atoms with van der Waals surface area (Å²) in [6.45, 7) is 1.37. The van der Waals surface area contributed by atoms with Crippen molar-refractivity contribution in [3.63, 3.8) is 0 Å². The SMILES string of the molecule is CC(OC(=O)c1ccc(NC2CC2)c([N+](=O)[O-])c1)C(=O)Nc1ccccc1C#N. The standard InChI is InChI=1S/C20H18N4O5/c1-12(19(25)23-16-5-3-2-4-14(16)11-21)29-20(26)13-6-9-17(22-15-7-8-15)18(10-13)24(27)28/h2-6,9-10,12,15,22H,7-8H2,1H3,(H,23,25). The van der Waals surface area contributed by atoms with E-state index in [1.807, 2.05) is 6.07 Å². The van der Waals surface area contributed by atoms with Crippen molar-refractivity contribution < 1.29 is 19.2 Å². The molecule has 2 aromatic carbocycles. The average molecular weight is 394 g/mol. The van der Waals surface area contributed by atoms with E-state index in [0.717, 1.165) is 18.9 Å². The van der Waals surface area contributed by atoms with Gasteiger partial charge in [0.1, 0.15) is 11.8 Å². The fourth-order valence-electron chi connectivity index (χ4n) is 2.59. The fourth-order valence-corrected chi connectivity index (χ4v) is 2.59. The van der Waals surface area contributed by atoms with E-state index in [9.17, 15) is 19.7 Å². The van der Waals surface area contributed by atoms with E-state index in [1.54, 1.807) is 24.3 Å². The molecule has 1 atom stereocenters. The Morgan fingerprint density at radius 3 is 2.62 bits per heavy atom. The van der Waals surface area contributed by atoms with E-state index >= 15 is 0 Å². The normalized spacial score (nSPS) is 13.7. The topological polar surface area (TPSA) is 134 Å². The smallest absolute Gasteiger partial charge is 0.339 e. The molecule has 1 aliphatic rings. The molecule has 1 fully saturated rings. The molecular weight excluding hydrogens is 376 g/mol. The van der Waals surface area contributed by atoms with Crippen molar-refractivity contribution in [3.05, 3.63) is 63.7 Å². The lowest BCUT2D eigenvalue weighted by Gasteiger charge is -2.14. The van der Waals surface area contributed by atoms with Crippen molar-refractivity contribution >= 4 is 28.9 Å². The van der Waals surface area contributed by atoms with Crippen LogP contribution in [0.15, 0.2) is 42.5 Å². The molecule has 0 spiro atoms. The molecule has 1 aliphatic carbocycles. The second-order valence-electron chi connectivity index (χ2n) is 6.60. The van der Waals surface area contributed by atoms with E-state index < -0.39 is 22.9 Å². The summed E-state index contributed by atoms with van der Waals surface area (Å²) in [5, 5.41) is 26.0. The maximum atomic E-state index is 12.4. The van der Waals surface area contributed by atoms with Gasteiger partial charge in [-0.15, -0.1) is 0 Å². The van der Waals surface area contributed by atoms with Crippen molar-refractivity contribution in [2.75, 3.05) is 10.6 Å². The summed E-state index contributed by atoms with van der Waals surface area (Å²) in [4.78, 5) is 35.4. The first kappa shape index (κ1) is 19.8. The summed E-state index contributed by atoms with van der Waals surface area (Å²) in [7, 11) is 0. The zero-order valence-electron chi connectivity index (χ0n) is 15.5. The molecule has 9 heteroatoms. The number of para-hydroxylation sites is 1. The zero-order valence-corrected chi connectivity index (χ0v) is 15.5. The average Bonchev–Trinajstić information content (AvgIpc) is 3.52. The van der Waals surface area contributed by atoms with Gasteiger partial charge in [-0.05, 0) is 44.0 Å². The fraction of sp³-hybridized carbons (Fsp3) is 0.250. The minimum atomic E-state index is -1.17. The van der Waals surface area contributed by atoms with Gasteiger partial charge in [-0.1, -0.05) is 12.1 Å². The molecule has 1 unspecified atom stereocenters. The van der Waals surface area contributed by atoms with Crippen LogP contribution in [0.1, 0.15) is 35.7 Å². The predicted octanol–water partition coefficient (Wildman–Crippen LogP) is 3.22. The van der Waals surface area contributed by atoms with Gasteiger partial charge < -0.3 is 15.4 Å². The number of ether oxygens (including phenoxy) is 1. The number of nitriles is 1. The number of anilines is 2. The Hall–Kier alpha value is -3.93. The third-order valence-electron chi connectivity index (χ3n) is 4.33. The first-order chi connectivity index (χ1) is 13.9. The van der Waals surface area contributed by atoms with Crippen LogP contribution in [0.5, 0.6) is 0 Å². The number of hydrogen-bond donors (Lipinski definition) is 2. The summed E-state index contributed by atoms with van der Waals surface area (Å²) in [5.41, 5.74) is 0.650. The number of carbonyl (C=O) groups excluding carboxylic acids is 2. The van der Waals surface area contributed by atoms with Gasteiger partial charge >= 0.3 is 5.97 Å². The molecule has 148 valence electrons. The molecule has 2 aromatic rings. The van der Waals surface area contributed by atoms with Gasteiger partial charge in [0.2, 0.25) is 0 Å². The Labute approximate surface area is 166 Å². The van der Waals surface area contributed by atoms with E-state index in [0.29, 0.717) is 11.4 Å². The number of nitro benzene ring substituents is 1. The van der Waals surface area contributed by atoms with Crippen LogP contribution in [0, 0.1) is 21.4 Å². The molecule has 0 aromatic heterocycles. The molecule has 0 aliphatic heterocycles. The van der Waals surface area contributed by atoms with Gasteiger partial charge in [0, 0.05) is 12.1 Å². The van der Waals surface area contributed by atoms with Crippen molar-refractivity contribution in [1.29, 1.82) is 5.26 Å². The Morgan fingerprint density at radius 2 is 1.97 bits per heavy atom. The Morgan fingerprint density at radius 1 is 1.24 bits per heavy atom. The molecule has 0 saturated heterocycles. The Balaban J connectivity index is 1.68. The number of nitrogens with zero attached hydrogens (tertiary/aromatic N) is 2. The molecule has 9 nitrogen and oxygen atoms in total. The van der Waals surface area contributed by atoms with Crippen LogP contribution < -0.4 is 10.6 Å². The summed E-state index contributed by atoms with van der Waals surface area (Å²) >= 11 is 0. The first-order valence-corrected chi connectivity index (χ1v) is 8.95. The first-order valence-electron chi connectivity index (χ1n) is 8.95. The maximum absolute atomic E-state index is 12.4. The second kappa shape index (κ2) is 8.39. The lowest BCUT2D eigenvalue weighted by atomic mass is 10.1. The maximum Gasteiger partial charge on any atom is 0.339 e. The van der Waals surface area contributed by atoms with Crippen molar-refractivity contribution in [1.82, 2.24) is 0 Å². The molecule has 0 heterocycles. The number of hydrogen-bond acceptors (Lipinski definition) is 7. The third kappa shape index (κ3) is 4.87. The van der Waals surface area contributed by atoms with Crippen molar-refractivity contribution in [2.24, 2.45) is 0 Å². The molecule has 3 rings (SSSR count). The van der Waals surface area contributed by atoms with Gasteiger partial charge in [0.05, 0.1) is 21.7 Å². The Bertz CT molecular complexity index is 1010. The molecule has 1 saturated carbocycles. The van der Waals surface area contributed by atoms with Crippen molar-refractivity contribution in [3.8, 4) is 6.07 Å². The highest BCUT2D eigenvalue weighted by Crippen LogP contribution is 2.31. The molecule has 1 amide bonds. The van der Waals surface area contributed by atoms with Crippen LogP contribution in [0.3, 0.4) is 0 Å². The van der Waals surface area contributed by atoms with Crippen LogP contribution in [0.2, 0.25) is 0 Å². The van der Waals surface area contributed by atoms with Crippen LogP contribution in [-0.4, -0.2) is 28.9 Å². The Kier molecular flexibility index (Phi) is 5.74. The minimum absolute atomic E-state index is 0.0323. The van der Waals surface area contributed by atoms with E-state index in [4.69, 9.17) is 10.00 Å². The molecule has 29 heavy (non-hydrogen) atoms. The highest BCUT2D eigenvalue weighted by atomic mass is 16.6. The number of rotatable bonds is 7. The summed E-state index contributed by atoms with van der Waals surface area (Å²) in [6, 6.07) is 12.6. The van der Waals surface area contributed by atoms with Crippen LogP contribution >= 0.6 is 0 Å². The van der Waals surface area contributed by atoms with Crippen LogP contribution in [0.25, 0.3) is 0 Å². The zero-order chi connectivity index (χ0) is 21.0. The minimum Gasteiger partial charge on any atom is -0.449 e. The lowest BCUT2D eigenvalue weighted by molar-refractivity contribution is -0.384. The largest absolute Gasteiger partial charge is 0.449 e. The third-order valence-corrected chi connectivity index (χ3v) is 4.33. The van der Waals surface area contributed by atoms with E-state index in [1.165, 1.54) is 19.1 Å². The molecular formula is C20H18N4O5. The van der Waals surface area contributed by atoms with Crippen LogP contribution in [0.4, 0.5) is 17.1 Å². The number of carbonyl (C=O) groups is 2. The molecule has 0 radical (unpaired) electrons.